The van der Waals surface area contributed by atoms with Crippen molar-refractivity contribution in [2.45, 2.75) is 233 Å². The van der Waals surface area contributed by atoms with Gasteiger partial charge in [0.15, 0.2) is 0 Å². The first kappa shape index (κ1) is 65.3. The highest BCUT2D eigenvalue weighted by Crippen LogP contribution is 2.23. The minimum Gasteiger partial charge on any atom is -0.125 e. The lowest BCUT2D eigenvalue weighted by atomic mass is 10.2. The lowest BCUT2D eigenvalue weighted by Gasteiger charge is -2.20. The molecule has 0 bridgehead atoms. The number of hydrogen-bond donors (Lipinski definition) is 0. The van der Waals surface area contributed by atoms with Crippen LogP contribution in [-0.2, 0) is 0 Å². The Hall–Kier alpha value is -4.76. The minimum atomic E-state index is -1.87. The predicted octanol–water partition coefficient (Wildman–Crippen LogP) is 17.1. The highest BCUT2D eigenvalue weighted by atomic mass is 28.3. The highest BCUT2D eigenvalue weighted by Gasteiger charge is 2.28. The molecule has 378 valence electrons. The Labute approximate surface area is 451 Å². The van der Waals surface area contributed by atoms with E-state index in [0.29, 0.717) is 33.4 Å². The zero-order valence-corrected chi connectivity index (χ0v) is 54.7. The molecule has 0 N–H and O–H groups in total. The van der Waals surface area contributed by atoms with Crippen LogP contribution in [0.4, 0.5) is 0 Å². The number of rotatable bonds is 18. The highest BCUT2D eigenvalue weighted by molar-refractivity contribution is 6.89. The first-order valence-corrected chi connectivity index (χ1v) is 43.8. The fourth-order valence-corrected chi connectivity index (χ4v) is 23.1. The van der Waals surface area contributed by atoms with Crippen LogP contribution in [0.5, 0.6) is 0 Å². The lowest BCUT2D eigenvalue weighted by molar-refractivity contribution is 1.20. The molecule has 0 unspecified atom stereocenters. The third-order valence-corrected chi connectivity index (χ3v) is 45.1. The monoisotopic (exact) mass is 1050 g/mol. The first-order valence-electron chi connectivity index (χ1n) is 28.1. The van der Waals surface area contributed by atoms with Gasteiger partial charge in [0.05, 0.1) is 0 Å². The van der Waals surface area contributed by atoms with Crippen molar-refractivity contribution in [3.63, 3.8) is 0 Å². The average molecular weight is 1050 g/mol. The van der Waals surface area contributed by atoms with Crippen LogP contribution < -0.4 is 0 Å². The molecule has 1 aliphatic carbocycles. The molecule has 0 fully saturated rings. The van der Waals surface area contributed by atoms with E-state index in [-0.39, 0.29) is 0 Å². The van der Waals surface area contributed by atoms with E-state index in [1.807, 2.05) is 0 Å². The van der Waals surface area contributed by atoms with Gasteiger partial charge in [-0.2, -0.15) is 0 Å². The molecule has 0 amide bonds. The van der Waals surface area contributed by atoms with Gasteiger partial charge >= 0.3 is 0 Å². The molecule has 0 nitrogen and oxygen atoms in total. The van der Waals surface area contributed by atoms with Crippen LogP contribution in [0.1, 0.15) is 125 Å². The van der Waals surface area contributed by atoms with Gasteiger partial charge in [-0.25, -0.2) is 0 Å². The smallest absolute Gasteiger partial charge is 0.125 e. The maximum atomic E-state index is 3.77. The molecule has 0 spiro atoms. The minimum absolute atomic E-state index is 0.533. The molecule has 0 aromatic carbocycles. The summed E-state index contributed by atoms with van der Waals surface area (Å²) in [5, 5.41) is 0. The Morgan fingerprint density at radius 3 is 0.375 bits per heavy atom. The van der Waals surface area contributed by atoms with Gasteiger partial charge in [-0.3, -0.25) is 0 Å². The standard InChI is InChI=1S/C66H90Si6/c1-19-67(20-2,21-3)55-49-61-37-39-62(50-56-68(22-4,23-5)24-6)41-43-64(52-58-70(28-10,29-11)30-12)45-47-66(54-60-72(34-16,35-17)36-18)48-46-65(53-59-71(31-13,32-14)33-15)44-42-63(40-38-61)51-57-69(25-7,26-8)27-9/h19-36H2,1-18H3. The molecule has 0 aromatic rings. The van der Waals surface area contributed by atoms with Crippen LogP contribution in [0.15, 0.2) is 67.8 Å². The van der Waals surface area contributed by atoms with Crippen molar-refractivity contribution < 1.29 is 0 Å². The van der Waals surface area contributed by atoms with E-state index in [4.69, 9.17) is 0 Å². The zero-order valence-electron chi connectivity index (χ0n) is 48.7. The van der Waals surface area contributed by atoms with Crippen molar-refractivity contribution in [3.8, 4) is 104 Å². The molecule has 1 aliphatic rings. The van der Waals surface area contributed by atoms with Crippen molar-refractivity contribution in [3.05, 3.63) is 67.8 Å². The first-order chi connectivity index (χ1) is 34.6. The largest absolute Gasteiger partial charge is 0.138 e. The van der Waals surface area contributed by atoms with Crippen molar-refractivity contribution >= 4 is 48.4 Å². The van der Waals surface area contributed by atoms with E-state index < -0.39 is 48.4 Å². The van der Waals surface area contributed by atoms with Crippen molar-refractivity contribution in [2.75, 3.05) is 0 Å². The van der Waals surface area contributed by atoms with Gasteiger partial charge in [0.2, 0.25) is 0 Å². The predicted molar refractivity (Wildman–Crippen MR) is 335 cm³/mol. The molecule has 0 heterocycles. The maximum Gasteiger partial charge on any atom is 0.138 e. The topological polar surface area (TPSA) is 0 Å². The Morgan fingerprint density at radius 1 is 0.194 bits per heavy atom. The van der Waals surface area contributed by atoms with Crippen molar-refractivity contribution in [2.24, 2.45) is 0 Å². The van der Waals surface area contributed by atoms with Crippen LogP contribution >= 0.6 is 0 Å². The summed E-state index contributed by atoms with van der Waals surface area (Å²) in [6.45, 7) is 40.9. The van der Waals surface area contributed by atoms with Gasteiger partial charge in [0, 0.05) is 0 Å². The molecular formula is C66H90Si6. The molecule has 1 rings (SSSR count). The third kappa shape index (κ3) is 20.3. The molecule has 0 atom stereocenters. The quantitative estimate of drug-likeness (QED) is 0.0729. The molecule has 0 aromatic heterocycles. The van der Waals surface area contributed by atoms with E-state index in [1.165, 1.54) is 0 Å². The second-order valence-electron chi connectivity index (χ2n) is 19.3. The fraction of sp³-hybridized carbons (Fsp3) is 0.545. The van der Waals surface area contributed by atoms with E-state index in [9.17, 15) is 0 Å². The summed E-state index contributed by atoms with van der Waals surface area (Å²) >= 11 is 0. The zero-order chi connectivity index (χ0) is 54.2. The van der Waals surface area contributed by atoms with Gasteiger partial charge in [-0.05, 0) is 179 Å². The Balaban J connectivity index is 5.55. The van der Waals surface area contributed by atoms with Crippen LogP contribution in [0.3, 0.4) is 0 Å². The van der Waals surface area contributed by atoms with Crippen molar-refractivity contribution in [1.82, 2.24) is 0 Å². The van der Waals surface area contributed by atoms with Gasteiger partial charge in [0.1, 0.15) is 81.9 Å². The SMILES string of the molecule is CC[Si](C#CC1=C=C=C(C#C[Si](CC)(CC)CC)C#CC(C#C[Si](CC)(CC)CC)=C=C=C(C#C[Si](CC)(CC)CC)C#CC(C#C[Si](CC)(CC)CC)=C=C=C(C#C[Si](CC)(CC)CC)C#C1)(CC)CC. The maximum absolute atomic E-state index is 3.77. The summed E-state index contributed by atoms with van der Waals surface area (Å²) in [5.74, 6) is 41.8. The molecule has 0 aliphatic heterocycles. The molecule has 0 saturated carbocycles. The third-order valence-electron chi connectivity index (χ3n) is 16.8. The van der Waals surface area contributed by atoms with Crippen molar-refractivity contribution in [1.29, 1.82) is 0 Å². The number of allylic oxidation sites excluding steroid dienone is 6. The Bertz CT molecular complexity index is 2270. The fourth-order valence-electron chi connectivity index (χ4n) is 8.57. The van der Waals surface area contributed by atoms with E-state index in [1.54, 1.807) is 0 Å². The summed E-state index contributed by atoms with van der Waals surface area (Å²) in [6.07, 6.45) is 0. The molecule has 0 saturated heterocycles. The molecule has 0 radical (unpaired) electrons. The summed E-state index contributed by atoms with van der Waals surface area (Å²) in [7, 11) is -11.2. The Kier molecular flexibility index (Phi) is 30.7. The second-order valence-corrected chi connectivity index (χ2v) is 48.9. The van der Waals surface area contributed by atoms with E-state index in [0.717, 1.165) is 109 Å². The number of hydrogen-bond acceptors (Lipinski definition) is 0. The van der Waals surface area contributed by atoms with Crippen LogP contribution in [0.2, 0.25) is 109 Å². The average Bonchev–Trinajstić information content (AvgIpc) is 3.43. The van der Waals surface area contributed by atoms with Crippen LogP contribution in [0.25, 0.3) is 0 Å². The second kappa shape index (κ2) is 33.9. The molecule has 6 heteroatoms. The van der Waals surface area contributed by atoms with E-state index in [2.05, 4.69) is 263 Å². The summed E-state index contributed by atoms with van der Waals surface area (Å²) in [6, 6.07) is 19.3. The van der Waals surface area contributed by atoms with Gasteiger partial charge < -0.3 is 0 Å². The lowest BCUT2D eigenvalue weighted by Crippen LogP contribution is -2.29. The Morgan fingerprint density at radius 2 is 0.292 bits per heavy atom. The van der Waals surface area contributed by atoms with Crippen LogP contribution in [-0.4, -0.2) is 48.4 Å². The summed E-state index contributed by atoms with van der Waals surface area (Å²) in [5.41, 5.74) is 46.4. The van der Waals surface area contributed by atoms with E-state index >= 15 is 0 Å². The summed E-state index contributed by atoms with van der Waals surface area (Å²) < 4.78 is 0. The van der Waals surface area contributed by atoms with Crippen LogP contribution in [0, 0.1) is 104 Å². The van der Waals surface area contributed by atoms with Gasteiger partial charge in [-0.15, -0.1) is 33.3 Å². The normalized spacial score (nSPS) is 12.8. The van der Waals surface area contributed by atoms with Gasteiger partial charge in [-0.1, -0.05) is 160 Å². The summed E-state index contributed by atoms with van der Waals surface area (Å²) in [4.78, 5) is 0. The van der Waals surface area contributed by atoms with Gasteiger partial charge in [0.25, 0.3) is 0 Å². The molecule has 72 heavy (non-hydrogen) atoms. The molecular weight excluding hydrogens is 961 g/mol.